The normalized spacial score (nSPS) is 17.7. The number of hydrogen-bond donors (Lipinski definition) is 1. The minimum Gasteiger partial charge on any atom is -0.479 e. The summed E-state index contributed by atoms with van der Waals surface area (Å²) in [5.41, 5.74) is 7.33. The average Bonchev–Trinajstić information content (AvgIpc) is 3.18. The van der Waals surface area contributed by atoms with E-state index in [1.54, 1.807) is 0 Å². The summed E-state index contributed by atoms with van der Waals surface area (Å²) in [5.74, 6) is -0.0574. The third-order valence-electron chi connectivity index (χ3n) is 8.50. The number of hydrogen-bond acceptors (Lipinski definition) is 7. The third kappa shape index (κ3) is 7.20. The van der Waals surface area contributed by atoms with Gasteiger partial charge in [0.1, 0.15) is 5.82 Å². The molecule has 1 atom stereocenters. The fourth-order valence-electron chi connectivity index (χ4n) is 6.10. The number of nitrogens with zero attached hydrogens (tertiary/aromatic N) is 4. The van der Waals surface area contributed by atoms with E-state index in [4.69, 9.17) is 19.4 Å². The van der Waals surface area contributed by atoms with Crippen LogP contribution in [0.2, 0.25) is 0 Å². The summed E-state index contributed by atoms with van der Waals surface area (Å²) in [6.07, 6.45) is 3.94. The van der Waals surface area contributed by atoms with Gasteiger partial charge < -0.3 is 19.5 Å². The summed E-state index contributed by atoms with van der Waals surface area (Å²) >= 11 is 0. The van der Waals surface area contributed by atoms with Crippen LogP contribution in [0.1, 0.15) is 73.9 Å². The Morgan fingerprint density at radius 1 is 1.05 bits per heavy atom. The van der Waals surface area contributed by atoms with Crippen molar-refractivity contribution in [3.8, 4) is 11.1 Å². The molecule has 8 heteroatoms. The van der Waals surface area contributed by atoms with Gasteiger partial charge in [-0.25, -0.2) is 9.78 Å². The van der Waals surface area contributed by atoms with Crippen LogP contribution in [0.15, 0.2) is 42.6 Å². The zero-order chi connectivity index (χ0) is 31.6. The molecule has 2 aliphatic heterocycles. The minimum absolute atomic E-state index is 0.549. The molecule has 2 aromatic heterocycles. The van der Waals surface area contributed by atoms with Crippen molar-refractivity contribution >= 4 is 23.4 Å². The number of pyridine rings is 2. The van der Waals surface area contributed by atoms with Gasteiger partial charge in [-0.3, -0.25) is 9.88 Å². The number of carboxylic acid groups (broad SMARTS) is 1. The van der Waals surface area contributed by atoms with Gasteiger partial charge in [0.15, 0.2) is 6.10 Å². The van der Waals surface area contributed by atoms with E-state index < -0.39 is 17.7 Å². The van der Waals surface area contributed by atoms with E-state index in [0.717, 1.165) is 90.7 Å². The summed E-state index contributed by atoms with van der Waals surface area (Å²) in [6, 6.07) is 13.0. The molecular formula is C36H46N4O4. The highest BCUT2D eigenvalue weighted by Gasteiger charge is 2.33. The number of ether oxygens (including phenoxy) is 2. The van der Waals surface area contributed by atoms with E-state index in [2.05, 4.69) is 53.1 Å². The summed E-state index contributed by atoms with van der Waals surface area (Å²) in [6.45, 7) is 19.3. The molecule has 8 nitrogen and oxygen atoms in total. The number of carbonyl (C=O) groups is 1. The van der Waals surface area contributed by atoms with Gasteiger partial charge in [-0.1, -0.05) is 29.8 Å². The van der Waals surface area contributed by atoms with E-state index in [1.807, 2.05) is 53.8 Å². The van der Waals surface area contributed by atoms with E-state index in [9.17, 15) is 9.90 Å². The maximum Gasteiger partial charge on any atom is 0.337 e. The molecule has 5 rings (SSSR count). The van der Waals surface area contributed by atoms with Crippen LogP contribution in [0.25, 0.3) is 22.8 Å². The number of benzene rings is 1. The van der Waals surface area contributed by atoms with Crippen molar-refractivity contribution in [1.82, 2.24) is 14.9 Å². The van der Waals surface area contributed by atoms with Gasteiger partial charge in [-0.05, 0) is 95.4 Å². The largest absolute Gasteiger partial charge is 0.479 e. The maximum absolute atomic E-state index is 12.7. The molecule has 0 saturated carbocycles. The molecule has 0 unspecified atom stereocenters. The topological polar surface area (TPSA) is 88.0 Å². The first-order valence-corrected chi connectivity index (χ1v) is 15.6. The second kappa shape index (κ2) is 13.2. The van der Waals surface area contributed by atoms with Gasteiger partial charge in [-0.2, -0.15) is 0 Å². The molecule has 1 aromatic carbocycles. The number of carboxylic acids is 1. The van der Waals surface area contributed by atoms with Gasteiger partial charge in [-0.15, -0.1) is 0 Å². The van der Waals surface area contributed by atoms with Crippen LogP contribution in [0, 0.1) is 20.8 Å². The molecule has 0 bridgehead atoms. The Labute approximate surface area is 261 Å². The van der Waals surface area contributed by atoms with Crippen molar-refractivity contribution in [1.29, 1.82) is 0 Å². The van der Waals surface area contributed by atoms with E-state index in [-0.39, 0.29) is 0 Å². The Balaban J connectivity index is 1.56. The zero-order valence-corrected chi connectivity index (χ0v) is 27.2. The van der Waals surface area contributed by atoms with Gasteiger partial charge in [0.05, 0.1) is 24.9 Å². The summed E-state index contributed by atoms with van der Waals surface area (Å²) in [4.78, 5) is 27.3. The fourth-order valence-corrected chi connectivity index (χ4v) is 6.10. The van der Waals surface area contributed by atoms with E-state index in [1.165, 1.54) is 0 Å². The second-order valence-corrected chi connectivity index (χ2v) is 13.1. The molecule has 1 N–H and O–H groups in total. The summed E-state index contributed by atoms with van der Waals surface area (Å²) in [5, 5.41) is 10.4. The predicted molar refractivity (Wildman–Crippen MR) is 176 cm³/mol. The van der Waals surface area contributed by atoms with Crippen LogP contribution in [0.4, 0.5) is 5.82 Å². The monoisotopic (exact) mass is 598 g/mol. The molecule has 4 heterocycles. The molecule has 0 radical (unpaired) electrons. The average molecular weight is 599 g/mol. The first kappa shape index (κ1) is 31.8. The Hall–Kier alpha value is -3.59. The highest BCUT2D eigenvalue weighted by Crippen LogP contribution is 2.40. The van der Waals surface area contributed by atoms with Crippen molar-refractivity contribution in [2.45, 2.75) is 72.6 Å². The Morgan fingerprint density at radius 3 is 2.41 bits per heavy atom. The van der Waals surface area contributed by atoms with Crippen molar-refractivity contribution in [2.75, 3.05) is 44.3 Å². The van der Waals surface area contributed by atoms with Gasteiger partial charge >= 0.3 is 5.97 Å². The fraction of sp³-hybridized carbons (Fsp3) is 0.472. The van der Waals surface area contributed by atoms with Crippen LogP contribution in [-0.4, -0.2) is 77.0 Å². The van der Waals surface area contributed by atoms with Crippen molar-refractivity contribution in [2.24, 2.45) is 0 Å². The predicted octanol–water partition coefficient (Wildman–Crippen LogP) is 6.48. The smallest absolute Gasteiger partial charge is 0.337 e. The highest BCUT2D eigenvalue weighted by molar-refractivity contribution is 5.91. The van der Waals surface area contributed by atoms with Gasteiger partial charge in [0, 0.05) is 54.9 Å². The lowest BCUT2D eigenvalue weighted by Gasteiger charge is -2.36. The number of aliphatic carboxylic acids is 1. The number of aromatic nitrogens is 2. The molecule has 2 aliphatic rings. The first-order chi connectivity index (χ1) is 20.9. The molecule has 234 valence electrons. The van der Waals surface area contributed by atoms with Crippen molar-refractivity contribution in [3.05, 3.63) is 76.2 Å². The molecule has 2 fully saturated rings. The third-order valence-corrected chi connectivity index (χ3v) is 8.50. The van der Waals surface area contributed by atoms with Crippen LogP contribution in [0.3, 0.4) is 0 Å². The second-order valence-electron chi connectivity index (χ2n) is 13.1. The maximum atomic E-state index is 12.7. The molecule has 44 heavy (non-hydrogen) atoms. The van der Waals surface area contributed by atoms with Crippen molar-refractivity contribution < 1.29 is 19.4 Å². The van der Waals surface area contributed by atoms with E-state index >= 15 is 0 Å². The zero-order valence-electron chi connectivity index (χ0n) is 27.2. The minimum atomic E-state index is -1.17. The molecule has 0 aliphatic carbocycles. The quantitative estimate of drug-likeness (QED) is 0.315. The lowest BCUT2D eigenvalue weighted by Crippen LogP contribution is -2.50. The number of anilines is 1. The SMILES string of the molecule is C/C(=C\c1c(C)nc(C)c([C@H](OC(C)(C)C)C(=O)O)c1-c1ccc(C)cc1)c1ccnc(N2CCCN(C3COC3)CC2)c1. The molecule has 0 spiro atoms. The van der Waals surface area contributed by atoms with Crippen LogP contribution in [0.5, 0.6) is 0 Å². The Morgan fingerprint density at radius 2 is 1.77 bits per heavy atom. The standard InChI is InChI=1S/C36H46N4O4/c1-23-9-11-27(12-10-23)33-30(25(3)38-26(4)32(33)34(35(41)42)44-36(5,6)7)19-24(2)28-13-14-37-31(20-28)40-16-8-15-39(17-18-40)29-21-43-22-29/h9-14,19-20,29,34H,8,15-18,21-22H2,1-7H3,(H,41,42)/b24-19+/t34-/m0/s1. The summed E-state index contributed by atoms with van der Waals surface area (Å²) < 4.78 is 11.6. The first-order valence-electron chi connectivity index (χ1n) is 15.6. The highest BCUT2D eigenvalue weighted by atomic mass is 16.5. The number of allylic oxidation sites excluding steroid dienone is 1. The van der Waals surface area contributed by atoms with Crippen LogP contribution >= 0.6 is 0 Å². The number of aryl methyl sites for hydroxylation is 3. The van der Waals surface area contributed by atoms with Gasteiger partial charge in [0.25, 0.3) is 0 Å². The Bertz CT molecular complexity index is 1520. The van der Waals surface area contributed by atoms with Crippen LogP contribution < -0.4 is 4.90 Å². The van der Waals surface area contributed by atoms with E-state index in [0.29, 0.717) is 17.3 Å². The lowest BCUT2D eigenvalue weighted by atomic mass is 9.88. The Kier molecular flexibility index (Phi) is 9.53. The molecule has 0 amide bonds. The van der Waals surface area contributed by atoms with Crippen LogP contribution in [-0.2, 0) is 14.3 Å². The molecular weight excluding hydrogens is 552 g/mol. The van der Waals surface area contributed by atoms with Gasteiger partial charge in [0.2, 0.25) is 0 Å². The lowest BCUT2D eigenvalue weighted by molar-refractivity contribution is -0.160. The molecule has 3 aromatic rings. The summed E-state index contributed by atoms with van der Waals surface area (Å²) in [7, 11) is 0. The molecule has 2 saturated heterocycles. The number of rotatable bonds is 8. The van der Waals surface area contributed by atoms with Crippen molar-refractivity contribution in [3.63, 3.8) is 0 Å².